The van der Waals surface area contributed by atoms with E-state index in [0.29, 0.717) is 11.5 Å². The summed E-state index contributed by atoms with van der Waals surface area (Å²) in [7, 11) is 2.93. The molecule has 0 heterocycles. The maximum atomic E-state index is 13.7. The zero-order valence-corrected chi connectivity index (χ0v) is 13.8. The van der Waals surface area contributed by atoms with Crippen LogP contribution in [-0.4, -0.2) is 32.8 Å². The molecular weight excluding hydrogens is 313 g/mol. The Kier molecular flexibility index (Phi) is 6.01. The fourth-order valence-electron chi connectivity index (χ4n) is 2.11. The normalized spacial score (nSPS) is 11.5. The topological polar surface area (TPSA) is 56.8 Å². The van der Waals surface area contributed by atoms with Crippen molar-refractivity contribution in [3.63, 3.8) is 0 Å². The van der Waals surface area contributed by atoms with Crippen molar-refractivity contribution in [1.29, 1.82) is 0 Å². The number of halogens is 1. The lowest BCUT2D eigenvalue weighted by Gasteiger charge is -2.16. The predicted octanol–water partition coefficient (Wildman–Crippen LogP) is 3.04. The van der Waals surface area contributed by atoms with Crippen LogP contribution in [0.1, 0.15) is 17.3 Å². The van der Waals surface area contributed by atoms with E-state index in [1.54, 1.807) is 26.2 Å². The van der Waals surface area contributed by atoms with Gasteiger partial charge in [0, 0.05) is 5.56 Å². The van der Waals surface area contributed by atoms with E-state index in [2.05, 4.69) is 5.32 Å². The highest BCUT2D eigenvalue weighted by atomic mass is 19.1. The van der Waals surface area contributed by atoms with Crippen LogP contribution in [0.25, 0.3) is 0 Å². The molecule has 0 fully saturated rings. The Labute approximate surface area is 140 Å². The van der Waals surface area contributed by atoms with Crippen molar-refractivity contribution in [2.45, 2.75) is 13.0 Å². The Morgan fingerprint density at radius 3 is 2.38 bits per heavy atom. The molecule has 1 atom stereocenters. The molecule has 128 valence electrons. The first kappa shape index (κ1) is 17.6. The van der Waals surface area contributed by atoms with Gasteiger partial charge in [0.1, 0.15) is 6.61 Å². The van der Waals surface area contributed by atoms with E-state index >= 15 is 0 Å². The van der Waals surface area contributed by atoms with E-state index in [9.17, 15) is 9.18 Å². The smallest absolute Gasteiger partial charge is 0.251 e. The van der Waals surface area contributed by atoms with Crippen molar-refractivity contribution in [1.82, 2.24) is 5.32 Å². The molecule has 0 radical (unpaired) electrons. The molecule has 0 bridgehead atoms. The monoisotopic (exact) mass is 333 g/mol. The van der Waals surface area contributed by atoms with Gasteiger partial charge in [0.2, 0.25) is 0 Å². The molecule has 2 aromatic rings. The molecule has 5 nitrogen and oxygen atoms in total. The Morgan fingerprint density at radius 1 is 1.08 bits per heavy atom. The van der Waals surface area contributed by atoms with Crippen molar-refractivity contribution in [2.24, 2.45) is 0 Å². The number of rotatable bonds is 7. The van der Waals surface area contributed by atoms with E-state index in [0.717, 1.165) is 6.07 Å². The molecule has 0 unspecified atom stereocenters. The Bertz CT molecular complexity index is 705. The van der Waals surface area contributed by atoms with Crippen LogP contribution < -0.4 is 19.5 Å². The zero-order valence-electron chi connectivity index (χ0n) is 13.8. The number of nitrogens with one attached hydrogen (secondary N) is 1. The van der Waals surface area contributed by atoms with Gasteiger partial charge in [-0.1, -0.05) is 12.1 Å². The maximum Gasteiger partial charge on any atom is 0.251 e. The molecule has 0 aliphatic rings. The van der Waals surface area contributed by atoms with Crippen LogP contribution in [-0.2, 0) is 0 Å². The number of hydrogen-bond donors (Lipinski definition) is 1. The molecule has 0 aromatic heterocycles. The molecule has 24 heavy (non-hydrogen) atoms. The first-order valence-corrected chi connectivity index (χ1v) is 7.45. The summed E-state index contributed by atoms with van der Waals surface area (Å²) in [5.41, 5.74) is 0.220. The number of carbonyl (C=O) groups excluding carboxylic acids is 1. The van der Waals surface area contributed by atoms with Gasteiger partial charge in [0.15, 0.2) is 23.1 Å². The number of para-hydroxylation sites is 2. The molecule has 1 N–H and O–H groups in total. The standard InChI is InChI=1S/C18H20FNO4/c1-12(11-24-17-7-5-4-6-16(17)23-3)20-18(21)13-8-9-15(22-2)14(19)10-13/h4-10,12H,11H2,1-3H3,(H,20,21)/t12-/m0/s1. The number of methoxy groups -OCH3 is 2. The van der Waals surface area contributed by atoms with Crippen molar-refractivity contribution in [3.05, 3.63) is 53.8 Å². The fourth-order valence-corrected chi connectivity index (χ4v) is 2.11. The van der Waals surface area contributed by atoms with Crippen molar-refractivity contribution in [3.8, 4) is 17.2 Å². The van der Waals surface area contributed by atoms with Crippen LogP contribution in [0.15, 0.2) is 42.5 Å². The summed E-state index contributed by atoms with van der Waals surface area (Å²) < 4.78 is 29.3. The van der Waals surface area contributed by atoms with Crippen LogP contribution in [0.5, 0.6) is 17.2 Å². The number of amides is 1. The lowest BCUT2D eigenvalue weighted by Crippen LogP contribution is -2.36. The summed E-state index contributed by atoms with van der Waals surface area (Å²) in [5, 5.41) is 2.76. The molecule has 0 saturated carbocycles. The van der Waals surface area contributed by atoms with Gasteiger partial charge in [-0.3, -0.25) is 4.79 Å². The first-order valence-electron chi connectivity index (χ1n) is 7.45. The van der Waals surface area contributed by atoms with E-state index < -0.39 is 5.82 Å². The molecule has 2 rings (SSSR count). The highest BCUT2D eigenvalue weighted by Crippen LogP contribution is 2.25. The summed E-state index contributed by atoms with van der Waals surface area (Å²) in [6.07, 6.45) is 0. The third-order valence-electron chi connectivity index (χ3n) is 3.35. The van der Waals surface area contributed by atoms with Gasteiger partial charge in [-0.15, -0.1) is 0 Å². The van der Waals surface area contributed by atoms with E-state index in [1.807, 2.05) is 12.1 Å². The summed E-state index contributed by atoms with van der Waals surface area (Å²) in [6, 6.07) is 11.0. The fraction of sp³-hybridized carbons (Fsp3) is 0.278. The second-order valence-electron chi connectivity index (χ2n) is 5.19. The minimum absolute atomic E-state index is 0.0964. The lowest BCUT2D eigenvalue weighted by molar-refractivity contribution is 0.0925. The minimum Gasteiger partial charge on any atom is -0.494 e. The van der Waals surface area contributed by atoms with Gasteiger partial charge in [0.25, 0.3) is 5.91 Å². The largest absolute Gasteiger partial charge is 0.494 e. The average molecular weight is 333 g/mol. The van der Waals surface area contributed by atoms with Gasteiger partial charge in [0.05, 0.1) is 20.3 Å². The van der Waals surface area contributed by atoms with Crippen molar-refractivity contribution >= 4 is 5.91 Å². The van der Waals surface area contributed by atoms with Gasteiger partial charge in [-0.25, -0.2) is 4.39 Å². The third kappa shape index (κ3) is 4.38. The van der Waals surface area contributed by atoms with E-state index in [1.165, 1.54) is 19.2 Å². The molecular formula is C18H20FNO4. The quantitative estimate of drug-likeness (QED) is 0.846. The number of ether oxygens (including phenoxy) is 3. The average Bonchev–Trinajstić information content (AvgIpc) is 2.60. The summed E-state index contributed by atoms with van der Waals surface area (Å²) in [5.74, 6) is 0.347. The Hall–Kier alpha value is -2.76. The maximum absolute atomic E-state index is 13.7. The van der Waals surface area contributed by atoms with Crippen LogP contribution >= 0.6 is 0 Å². The summed E-state index contributed by atoms with van der Waals surface area (Å²) >= 11 is 0. The highest BCUT2D eigenvalue weighted by molar-refractivity contribution is 5.94. The van der Waals surface area contributed by atoms with Crippen molar-refractivity contribution in [2.75, 3.05) is 20.8 Å². The molecule has 2 aromatic carbocycles. The SMILES string of the molecule is COc1ccc(C(=O)N[C@@H](C)COc2ccccc2OC)cc1F. The zero-order chi connectivity index (χ0) is 17.5. The van der Waals surface area contributed by atoms with Crippen LogP contribution in [0.2, 0.25) is 0 Å². The summed E-state index contributed by atoms with van der Waals surface area (Å²) in [4.78, 5) is 12.1. The Balaban J connectivity index is 1.93. The highest BCUT2D eigenvalue weighted by Gasteiger charge is 2.13. The van der Waals surface area contributed by atoms with Crippen LogP contribution in [0, 0.1) is 5.82 Å². The van der Waals surface area contributed by atoms with E-state index in [-0.39, 0.29) is 29.9 Å². The second-order valence-corrected chi connectivity index (χ2v) is 5.19. The van der Waals surface area contributed by atoms with Gasteiger partial charge in [-0.2, -0.15) is 0 Å². The van der Waals surface area contributed by atoms with Gasteiger partial charge >= 0.3 is 0 Å². The summed E-state index contributed by atoms with van der Waals surface area (Å²) in [6.45, 7) is 2.05. The third-order valence-corrected chi connectivity index (χ3v) is 3.35. The molecule has 0 saturated heterocycles. The Morgan fingerprint density at radius 2 is 1.75 bits per heavy atom. The minimum atomic E-state index is -0.580. The number of carbonyl (C=O) groups is 1. The van der Waals surface area contributed by atoms with E-state index in [4.69, 9.17) is 14.2 Å². The van der Waals surface area contributed by atoms with Crippen LogP contribution in [0.4, 0.5) is 4.39 Å². The molecule has 0 aliphatic heterocycles. The molecule has 0 aliphatic carbocycles. The molecule has 1 amide bonds. The number of hydrogen-bond acceptors (Lipinski definition) is 4. The van der Waals surface area contributed by atoms with Crippen molar-refractivity contribution < 1.29 is 23.4 Å². The lowest BCUT2D eigenvalue weighted by atomic mass is 10.2. The molecule has 6 heteroatoms. The molecule has 0 spiro atoms. The van der Waals surface area contributed by atoms with Gasteiger partial charge < -0.3 is 19.5 Å². The van der Waals surface area contributed by atoms with Crippen LogP contribution in [0.3, 0.4) is 0 Å². The first-order chi connectivity index (χ1) is 11.5. The second kappa shape index (κ2) is 8.19. The predicted molar refractivity (Wildman–Crippen MR) is 88.4 cm³/mol. The number of benzene rings is 2. The van der Waals surface area contributed by atoms with Gasteiger partial charge in [-0.05, 0) is 37.3 Å².